The molecule has 0 aliphatic carbocycles. The molecule has 0 radical (unpaired) electrons. The lowest BCUT2D eigenvalue weighted by atomic mass is 10.0. The standard InChI is InChI=1S/C17H27N3OS2/c1-4-5-16(21)20-10-7-14(8-11-20)19-15-12-13(6-9-18-15)17(2,3)23-22/h6,9,12,14,22H,4-5,7-8,10-11H2,1-3H3,(H,18,19). The predicted octanol–water partition coefficient (Wildman–Crippen LogP) is 4.10. The highest BCUT2D eigenvalue weighted by Crippen LogP contribution is 2.38. The first kappa shape index (κ1) is 18.5. The summed E-state index contributed by atoms with van der Waals surface area (Å²) in [4.78, 5) is 18.4. The number of nitrogens with zero attached hydrogens (tertiary/aromatic N) is 2. The number of carbonyl (C=O) groups excluding carboxylic acids is 1. The van der Waals surface area contributed by atoms with E-state index >= 15 is 0 Å². The van der Waals surface area contributed by atoms with Crippen LogP contribution in [0.4, 0.5) is 5.82 Å². The predicted molar refractivity (Wildman–Crippen MR) is 102 cm³/mol. The van der Waals surface area contributed by atoms with Crippen LogP contribution < -0.4 is 5.32 Å². The Hall–Kier alpha value is -0.880. The lowest BCUT2D eigenvalue weighted by Crippen LogP contribution is -2.42. The quantitative estimate of drug-likeness (QED) is 0.597. The fourth-order valence-corrected chi connectivity index (χ4v) is 3.34. The molecule has 6 heteroatoms. The molecule has 2 rings (SSSR count). The number of pyridine rings is 1. The van der Waals surface area contributed by atoms with Crippen molar-refractivity contribution < 1.29 is 4.79 Å². The molecule has 1 aliphatic rings. The van der Waals surface area contributed by atoms with Gasteiger partial charge in [0.05, 0.1) is 0 Å². The van der Waals surface area contributed by atoms with Crippen molar-refractivity contribution in [3.05, 3.63) is 23.9 Å². The highest BCUT2D eigenvalue weighted by molar-refractivity contribution is 8.68. The highest BCUT2D eigenvalue weighted by atomic mass is 33.1. The monoisotopic (exact) mass is 353 g/mol. The summed E-state index contributed by atoms with van der Waals surface area (Å²) >= 11 is 4.36. The first-order valence-electron chi connectivity index (χ1n) is 8.29. The molecule has 1 saturated heterocycles. The van der Waals surface area contributed by atoms with Crippen molar-refractivity contribution in [2.75, 3.05) is 18.4 Å². The first-order chi connectivity index (χ1) is 11.0. The molecule has 1 N–H and O–H groups in total. The van der Waals surface area contributed by atoms with Crippen molar-refractivity contribution in [2.24, 2.45) is 0 Å². The average Bonchev–Trinajstić information content (AvgIpc) is 2.56. The Kier molecular flexibility index (Phi) is 6.65. The van der Waals surface area contributed by atoms with Crippen LogP contribution in [0.2, 0.25) is 0 Å². The topological polar surface area (TPSA) is 45.2 Å². The maximum absolute atomic E-state index is 11.9. The minimum absolute atomic E-state index is 0.0432. The average molecular weight is 354 g/mol. The zero-order valence-electron chi connectivity index (χ0n) is 14.2. The molecule has 128 valence electrons. The van der Waals surface area contributed by atoms with Gasteiger partial charge in [-0.2, -0.15) is 0 Å². The van der Waals surface area contributed by atoms with E-state index in [0.717, 1.165) is 38.2 Å². The van der Waals surface area contributed by atoms with Crippen molar-refractivity contribution in [1.82, 2.24) is 9.88 Å². The smallest absolute Gasteiger partial charge is 0.222 e. The van der Waals surface area contributed by atoms with Gasteiger partial charge in [-0.25, -0.2) is 4.98 Å². The number of hydrogen-bond acceptors (Lipinski definition) is 5. The van der Waals surface area contributed by atoms with Gasteiger partial charge < -0.3 is 10.2 Å². The molecule has 1 aromatic heterocycles. The summed E-state index contributed by atoms with van der Waals surface area (Å²) in [5.74, 6) is 1.20. The maximum Gasteiger partial charge on any atom is 0.222 e. The molecule has 2 heterocycles. The van der Waals surface area contributed by atoms with Crippen molar-refractivity contribution in [2.45, 2.75) is 57.2 Å². The van der Waals surface area contributed by atoms with Crippen molar-refractivity contribution in [1.29, 1.82) is 0 Å². The van der Waals surface area contributed by atoms with Crippen LogP contribution >= 0.6 is 22.5 Å². The van der Waals surface area contributed by atoms with Gasteiger partial charge >= 0.3 is 0 Å². The lowest BCUT2D eigenvalue weighted by molar-refractivity contribution is -0.132. The van der Waals surface area contributed by atoms with Gasteiger partial charge in [-0.15, -0.1) is 11.7 Å². The number of anilines is 1. The minimum atomic E-state index is -0.0432. The van der Waals surface area contributed by atoms with E-state index in [1.165, 1.54) is 16.4 Å². The third-order valence-corrected chi connectivity index (χ3v) is 6.41. The molecule has 0 unspecified atom stereocenters. The van der Waals surface area contributed by atoms with Crippen LogP contribution in [0.15, 0.2) is 18.3 Å². The summed E-state index contributed by atoms with van der Waals surface area (Å²) in [5, 5.41) is 3.53. The van der Waals surface area contributed by atoms with E-state index in [1.807, 2.05) is 17.2 Å². The molecular weight excluding hydrogens is 326 g/mol. The fraction of sp³-hybridized carbons (Fsp3) is 0.647. The van der Waals surface area contributed by atoms with E-state index in [0.29, 0.717) is 18.4 Å². The number of carbonyl (C=O) groups is 1. The molecule has 1 aromatic rings. The van der Waals surface area contributed by atoms with Gasteiger partial charge in [-0.1, -0.05) is 17.7 Å². The van der Waals surface area contributed by atoms with Crippen LogP contribution in [0.25, 0.3) is 0 Å². The second kappa shape index (κ2) is 8.29. The molecule has 0 bridgehead atoms. The second-order valence-corrected chi connectivity index (χ2v) is 8.33. The maximum atomic E-state index is 11.9. The largest absolute Gasteiger partial charge is 0.367 e. The molecule has 1 fully saturated rings. The molecule has 4 nitrogen and oxygen atoms in total. The van der Waals surface area contributed by atoms with E-state index in [2.05, 4.69) is 48.8 Å². The van der Waals surface area contributed by atoms with Gasteiger partial charge in [-0.3, -0.25) is 4.79 Å². The number of rotatable bonds is 6. The van der Waals surface area contributed by atoms with Gasteiger partial charge in [0.15, 0.2) is 0 Å². The van der Waals surface area contributed by atoms with Crippen LogP contribution in [0.1, 0.15) is 52.0 Å². The Morgan fingerprint density at radius 1 is 1.48 bits per heavy atom. The summed E-state index contributed by atoms with van der Waals surface area (Å²) in [6.07, 6.45) is 5.40. The molecule has 0 atom stereocenters. The van der Waals surface area contributed by atoms with Crippen LogP contribution in [0, 0.1) is 0 Å². The summed E-state index contributed by atoms with van der Waals surface area (Å²) in [6, 6.07) is 4.54. The Bertz CT molecular complexity index is 528. The van der Waals surface area contributed by atoms with Crippen molar-refractivity contribution in [3.8, 4) is 0 Å². The molecule has 0 aromatic carbocycles. The first-order valence-corrected chi connectivity index (χ1v) is 10.2. The SMILES string of the molecule is CCCC(=O)N1CCC(Nc2cc(C(C)(C)SS)ccn2)CC1. The second-order valence-electron chi connectivity index (χ2n) is 6.58. The summed E-state index contributed by atoms with van der Waals surface area (Å²) in [5.41, 5.74) is 1.21. The van der Waals surface area contributed by atoms with E-state index in [9.17, 15) is 4.79 Å². The van der Waals surface area contributed by atoms with Crippen molar-refractivity contribution in [3.63, 3.8) is 0 Å². The van der Waals surface area contributed by atoms with Gasteiger partial charge in [-0.05, 0) is 50.8 Å². The number of piperidine rings is 1. The van der Waals surface area contributed by atoms with Crippen LogP contribution in [-0.4, -0.2) is 34.9 Å². The van der Waals surface area contributed by atoms with Gasteiger partial charge in [0.2, 0.25) is 5.91 Å². The number of nitrogens with one attached hydrogen (secondary N) is 1. The number of thiol groups is 1. The number of amides is 1. The highest BCUT2D eigenvalue weighted by Gasteiger charge is 2.24. The van der Waals surface area contributed by atoms with E-state index < -0.39 is 0 Å². The Balaban J connectivity index is 1.92. The third kappa shape index (κ3) is 5.05. The Morgan fingerprint density at radius 2 is 2.17 bits per heavy atom. The summed E-state index contributed by atoms with van der Waals surface area (Å²) in [6.45, 7) is 8.04. The van der Waals surface area contributed by atoms with E-state index in [-0.39, 0.29) is 4.75 Å². The van der Waals surface area contributed by atoms with Gasteiger partial charge in [0, 0.05) is 36.5 Å². The summed E-state index contributed by atoms with van der Waals surface area (Å²) in [7, 11) is 1.54. The van der Waals surface area contributed by atoms with Crippen molar-refractivity contribution >= 4 is 34.2 Å². The lowest BCUT2D eigenvalue weighted by Gasteiger charge is -2.33. The van der Waals surface area contributed by atoms with E-state index in [1.54, 1.807) is 0 Å². The molecule has 0 spiro atoms. The van der Waals surface area contributed by atoms with Gasteiger partial charge in [0.1, 0.15) is 5.82 Å². The van der Waals surface area contributed by atoms with Gasteiger partial charge in [0.25, 0.3) is 0 Å². The molecule has 23 heavy (non-hydrogen) atoms. The molecular formula is C17H27N3OS2. The number of hydrogen-bond donors (Lipinski definition) is 2. The Morgan fingerprint density at radius 3 is 2.78 bits per heavy atom. The van der Waals surface area contributed by atoms with E-state index in [4.69, 9.17) is 0 Å². The minimum Gasteiger partial charge on any atom is -0.367 e. The molecule has 1 amide bonds. The summed E-state index contributed by atoms with van der Waals surface area (Å²) < 4.78 is -0.0432. The Labute approximate surface area is 148 Å². The normalized spacial score (nSPS) is 16.4. The zero-order chi connectivity index (χ0) is 16.9. The molecule has 0 saturated carbocycles. The van der Waals surface area contributed by atoms with Crippen LogP contribution in [0.5, 0.6) is 0 Å². The zero-order valence-corrected chi connectivity index (χ0v) is 15.9. The number of likely N-dealkylation sites (tertiary alicyclic amines) is 1. The third-order valence-electron chi connectivity index (χ3n) is 4.35. The number of aromatic nitrogens is 1. The molecule has 1 aliphatic heterocycles. The fourth-order valence-electron chi connectivity index (χ4n) is 2.79. The van der Waals surface area contributed by atoms with Crippen LogP contribution in [-0.2, 0) is 9.54 Å². The van der Waals surface area contributed by atoms with Crippen LogP contribution in [0.3, 0.4) is 0 Å².